The van der Waals surface area contributed by atoms with Gasteiger partial charge in [0.2, 0.25) is 0 Å². The molecule has 0 saturated carbocycles. The van der Waals surface area contributed by atoms with Crippen LogP contribution in [-0.4, -0.2) is 30.2 Å². The highest BCUT2D eigenvalue weighted by Gasteiger charge is 2.13. The van der Waals surface area contributed by atoms with Crippen molar-refractivity contribution >= 4 is 11.6 Å². The average Bonchev–Trinajstić information content (AvgIpc) is 2.42. The predicted octanol–water partition coefficient (Wildman–Crippen LogP) is 2.65. The van der Waals surface area contributed by atoms with Gasteiger partial charge in [-0.2, -0.15) is 0 Å². The molecular formula is C16H26N2O2. The summed E-state index contributed by atoms with van der Waals surface area (Å²) in [6.45, 7) is 7.31. The van der Waals surface area contributed by atoms with Crippen molar-refractivity contribution in [3.05, 3.63) is 29.8 Å². The van der Waals surface area contributed by atoms with E-state index in [2.05, 4.69) is 31.4 Å². The standard InChI is InChI=1S/C16H26N2O2/c1-4-9-17-15-8-6-5-7-14(15)16(20)18-11-13(19)10-12(2)3/h5-8,12-13,17,19H,4,9-11H2,1-3H3,(H,18,20). The third-order valence-corrected chi connectivity index (χ3v) is 2.98. The lowest BCUT2D eigenvalue weighted by Crippen LogP contribution is -2.33. The zero-order valence-corrected chi connectivity index (χ0v) is 12.6. The van der Waals surface area contributed by atoms with E-state index in [0.29, 0.717) is 24.4 Å². The second-order valence-electron chi connectivity index (χ2n) is 5.47. The summed E-state index contributed by atoms with van der Waals surface area (Å²) in [6.07, 6.45) is 1.20. The second kappa shape index (κ2) is 8.59. The van der Waals surface area contributed by atoms with Gasteiger partial charge in [-0.25, -0.2) is 0 Å². The maximum absolute atomic E-state index is 12.2. The maximum atomic E-state index is 12.2. The van der Waals surface area contributed by atoms with Gasteiger partial charge in [0.05, 0.1) is 11.7 Å². The summed E-state index contributed by atoms with van der Waals surface area (Å²) in [5, 5.41) is 15.8. The maximum Gasteiger partial charge on any atom is 0.253 e. The third-order valence-electron chi connectivity index (χ3n) is 2.98. The molecule has 0 aliphatic heterocycles. The second-order valence-corrected chi connectivity index (χ2v) is 5.47. The third kappa shape index (κ3) is 5.61. The van der Waals surface area contributed by atoms with Gasteiger partial charge in [-0.3, -0.25) is 4.79 Å². The fraction of sp³-hybridized carbons (Fsp3) is 0.562. The van der Waals surface area contributed by atoms with Crippen molar-refractivity contribution in [2.45, 2.75) is 39.7 Å². The fourth-order valence-electron chi connectivity index (χ4n) is 2.03. The van der Waals surface area contributed by atoms with Crippen molar-refractivity contribution < 1.29 is 9.90 Å². The molecule has 1 aromatic carbocycles. The molecule has 0 bridgehead atoms. The van der Waals surface area contributed by atoms with Gasteiger partial charge in [0, 0.05) is 18.8 Å². The highest BCUT2D eigenvalue weighted by Crippen LogP contribution is 2.15. The number of hydrogen-bond donors (Lipinski definition) is 3. The van der Waals surface area contributed by atoms with E-state index in [0.717, 1.165) is 18.7 Å². The van der Waals surface area contributed by atoms with Crippen LogP contribution in [0, 0.1) is 5.92 Å². The Bertz CT molecular complexity index is 419. The summed E-state index contributed by atoms with van der Waals surface area (Å²) in [4.78, 5) is 12.2. The molecule has 1 unspecified atom stereocenters. The molecule has 20 heavy (non-hydrogen) atoms. The van der Waals surface area contributed by atoms with Crippen molar-refractivity contribution in [3.63, 3.8) is 0 Å². The van der Waals surface area contributed by atoms with Gasteiger partial charge in [-0.1, -0.05) is 32.9 Å². The van der Waals surface area contributed by atoms with E-state index in [1.165, 1.54) is 0 Å². The Morgan fingerprint density at radius 3 is 2.65 bits per heavy atom. The predicted molar refractivity (Wildman–Crippen MR) is 83.0 cm³/mol. The molecular weight excluding hydrogens is 252 g/mol. The van der Waals surface area contributed by atoms with E-state index >= 15 is 0 Å². The molecule has 0 aliphatic carbocycles. The number of aliphatic hydroxyl groups excluding tert-OH is 1. The number of anilines is 1. The van der Waals surface area contributed by atoms with Crippen LogP contribution >= 0.6 is 0 Å². The smallest absolute Gasteiger partial charge is 0.253 e. The summed E-state index contributed by atoms with van der Waals surface area (Å²) in [5.74, 6) is 0.271. The van der Waals surface area contributed by atoms with Crippen molar-refractivity contribution in [2.75, 3.05) is 18.4 Å². The van der Waals surface area contributed by atoms with Gasteiger partial charge in [0.25, 0.3) is 5.91 Å². The molecule has 3 N–H and O–H groups in total. The lowest BCUT2D eigenvalue weighted by molar-refractivity contribution is 0.0901. The van der Waals surface area contributed by atoms with Gasteiger partial charge >= 0.3 is 0 Å². The Hall–Kier alpha value is -1.55. The molecule has 112 valence electrons. The van der Waals surface area contributed by atoms with Crippen LogP contribution in [-0.2, 0) is 0 Å². The number of hydrogen-bond acceptors (Lipinski definition) is 3. The minimum absolute atomic E-state index is 0.146. The van der Waals surface area contributed by atoms with Crippen LogP contribution < -0.4 is 10.6 Å². The number of benzene rings is 1. The van der Waals surface area contributed by atoms with Crippen molar-refractivity contribution in [2.24, 2.45) is 5.92 Å². The fourth-order valence-corrected chi connectivity index (χ4v) is 2.03. The molecule has 0 spiro atoms. The van der Waals surface area contributed by atoms with E-state index in [1.807, 2.05) is 18.2 Å². The lowest BCUT2D eigenvalue weighted by Gasteiger charge is -2.15. The molecule has 0 heterocycles. The van der Waals surface area contributed by atoms with Gasteiger partial charge < -0.3 is 15.7 Å². The number of rotatable bonds is 8. The first-order valence-corrected chi connectivity index (χ1v) is 7.33. The molecule has 1 aromatic rings. The Morgan fingerprint density at radius 2 is 2.00 bits per heavy atom. The molecule has 4 heteroatoms. The molecule has 0 fully saturated rings. The Kier molecular flexibility index (Phi) is 7.09. The van der Waals surface area contributed by atoms with Crippen LogP contribution in [0.4, 0.5) is 5.69 Å². The van der Waals surface area contributed by atoms with Crippen LogP contribution in [0.1, 0.15) is 44.0 Å². The first-order valence-electron chi connectivity index (χ1n) is 7.33. The van der Waals surface area contributed by atoms with Crippen LogP contribution in [0.2, 0.25) is 0 Å². The summed E-state index contributed by atoms with van der Waals surface area (Å²) < 4.78 is 0. The van der Waals surface area contributed by atoms with Gasteiger partial charge in [0.1, 0.15) is 0 Å². The van der Waals surface area contributed by atoms with Crippen LogP contribution in [0.3, 0.4) is 0 Å². The SMILES string of the molecule is CCCNc1ccccc1C(=O)NCC(O)CC(C)C. The molecule has 4 nitrogen and oxygen atoms in total. The number of nitrogens with one attached hydrogen (secondary N) is 2. The van der Waals surface area contributed by atoms with Crippen molar-refractivity contribution in [1.82, 2.24) is 5.32 Å². The lowest BCUT2D eigenvalue weighted by atomic mass is 10.1. The first-order chi connectivity index (χ1) is 9.54. The molecule has 1 atom stereocenters. The van der Waals surface area contributed by atoms with E-state index in [-0.39, 0.29) is 5.91 Å². The highest BCUT2D eigenvalue weighted by atomic mass is 16.3. The van der Waals surface area contributed by atoms with E-state index < -0.39 is 6.10 Å². The minimum atomic E-state index is -0.491. The molecule has 0 saturated heterocycles. The molecule has 0 radical (unpaired) electrons. The normalized spacial score (nSPS) is 12.2. The van der Waals surface area contributed by atoms with Gasteiger partial charge in [0.15, 0.2) is 0 Å². The van der Waals surface area contributed by atoms with Gasteiger partial charge in [-0.05, 0) is 30.9 Å². The summed E-state index contributed by atoms with van der Waals surface area (Å²) >= 11 is 0. The topological polar surface area (TPSA) is 61.4 Å². The monoisotopic (exact) mass is 278 g/mol. The average molecular weight is 278 g/mol. The number of carbonyl (C=O) groups excluding carboxylic acids is 1. The number of aliphatic hydroxyl groups is 1. The molecule has 0 aliphatic rings. The quantitative estimate of drug-likeness (QED) is 0.685. The minimum Gasteiger partial charge on any atom is -0.391 e. The molecule has 0 aromatic heterocycles. The van der Waals surface area contributed by atoms with E-state index in [1.54, 1.807) is 6.07 Å². The number of amides is 1. The van der Waals surface area contributed by atoms with Gasteiger partial charge in [-0.15, -0.1) is 0 Å². The molecule has 1 amide bonds. The van der Waals surface area contributed by atoms with Crippen molar-refractivity contribution in [1.29, 1.82) is 0 Å². The zero-order valence-electron chi connectivity index (χ0n) is 12.6. The summed E-state index contributed by atoms with van der Waals surface area (Å²) in [7, 11) is 0. The number of carbonyl (C=O) groups is 1. The Labute approximate surface area is 121 Å². The molecule has 1 rings (SSSR count). The highest BCUT2D eigenvalue weighted by molar-refractivity contribution is 5.99. The summed E-state index contributed by atoms with van der Waals surface area (Å²) in [5.41, 5.74) is 1.46. The van der Waals surface area contributed by atoms with E-state index in [9.17, 15) is 9.90 Å². The number of para-hydroxylation sites is 1. The Balaban J connectivity index is 2.58. The van der Waals surface area contributed by atoms with Crippen LogP contribution in [0.25, 0.3) is 0 Å². The summed E-state index contributed by atoms with van der Waals surface area (Å²) in [6, 6.07) is 7.44. The van der Waals surface area contributed by atoms with Crippen LogP contribution in [0.15, 0.2) is 24.3 Å². The van der Waals surface area contributed by atoms with Crippen molar-refractivity contribution in [3.8, 4) is 0 Å². The van der Waals surface area contributed by atoms with E-state index in [4.69, 9.17) is 0 Å². The largest absolute Gasteiger partial charge is 0.391 e. The first kappa shape index (κ1) is 16.5. The zero-order chi connectivity index (χ0) is 15.0. The Morgan fingerprint density at radius 1 is 1.30 bits per heavy atom. The van der Waals surface area contributed by atoms with Crippen LogP contribution in [0.5, 0.6) is 0 Å².